The van der Waals surface area contributed by atoms with Crippen LogP contribution in [-0.2, 0) is 9.84 Å². The van der Waals surface area contributed by atoms with Crippen LogP contribution in [0.2, 0.25) is 0 Å². The Bertz CT molecular complexity index is 449. The summed E-state index contributed by atoms with van der Waals surface area (Å²) in [5.74, 6) is 1.72. The second-order valence-electron chi connectivity index (χ2n) is 6.81. The lowest BCUT2D eigenvalue weighted by Crippen LogP contribution is -2.35. The maximum atomic E-state index is 11.4. The molecule has 3 nitrogen and oxygen atoms in total. The molecule has 0 bridgehead atoms. The van der Waals surface area contributed by atoms with Crippen LogP contribution in [0.5, 0.6) is 0 Å². The minimum Gasteiger partial charge on any atom is -0.316 e. The predicted molar refractivity (Wildman–Crippen MR) is 79.9 cm³/mol. The Morgan fingerprint density at radius 3 is 2.63 bits per heavy atom. The van der Waals surface area contributed by atoms with Crippen molar-refractivity contribution in [3.05, 3.63) is 11.6 Å². The lowest BCUT2D eigenvalue weighted by atomic mass is 9.80. The molecule has 4 heteroatoms. The first-order valence-corrected chi connectivity index (χ1v) is 9.42. The minimum absolute atomic E-state index is 0.0447. The second kappa shape index (κ2) is 5.57. The lowest BCUT2D eigenvalue weighted by Gasteiger charge is -2.29. The summed E-state index contributed by atoms with van der Waals surface area (Å²) in [5, 5.41) is 3.54. The molecule has 1 fully saturated rings. The van der Waals surface area contributed by atoms with Gasteiger partial charge in [0.05, 0.1) is 5.75 Å². The van der Waals surface area contributed by atoms with Crippen LogP contribution in [0.15, 0.2) is 11.6 Å². The summed E-state index contributed by atoms with van der Waals surface area (Å²) in [6.07, 6.45) is 8.31. The molecule has 1 saturated carbocycles. The fraction of sp³-hybridized carbons (Fsp3) is 0.867. The summed E-state index contributed by atoms with van der Waals surface area (Å²) in [6.45, 7) is 6.41. The summed E-state index contributed by atoms with van der Waals surface area (Å²) >= 11 is 0. The van der Waals surface area contributed by atoms with E-state index in [2.05, 4.69) is 25.2 Å². The summed E-state index contributed by atoms with van der Waals surface area (Å²) in [6, 6.07) is 0. The highest BCUT2D eigenvalue weighted by Gasteiger charge is 2.44. The zero-order valence-electron chi connectivity index (χ0n) is 12.4. The number of allylic oxidation sites excluding steroid dienone is 1. The molecule has 2 aliphatic carbocycles. The molecule has 0 aromatic carbocycles. The molecule has 0 aromatic rings. The Hall–Kier alpha value is -0.350. The largest absolute Gasteiger partial charge is 0.316 e. The molecule has 2 rings (SSSR count). The van der Waals surface area contributed by atoms with Crippen LogP contribution >= 0.6 is 0 Å². The van der Waals surface area contributed by atoms with E-state index in [0.717, 1.165) is 31.8 Å². The van der Waals surface area contributed by atoms with E-state index >= 15 is 0 Å². The summed E-state index contributed by atoms with van der Waals surface area (Å²) in [4.78, 5) is 0. The van der Waals surface area contributed by atoms with E-state index in [9.17, 15) is 8.42 Å². The summed E-state index contributed by atoms with van der Waals surface area (Å²) in [5.41, 5.74) is 1.54. The van der Waals surface area contributed by atoms with Gasteiger partial charge in [0, 0.05) is 19.3 Å². The highest BCUT2D eigenvalue weighted by atomic mass is 32.2. The number of sulfone groups is 1. The van der Waals surface area contributed by atoms with Crippen molar-refractivity contribution in [1.29, 1.82) is 0 Å². The van der Waals surface area contributed by atoms with Crippen LogP contribution in [0, 0.1) is 17.3 Å². The van der Waals surface area contributed by atoms with Gasteiger partial charge in [-0.2, -0.15) is 0 Å². The molecule has 0 aliphatic heterocycles. The van der Waals surface area contributed by atoms with E-state index in [1.165, 1.54) is 24.7 Å². The minimum atomic E-state index is -2.85. The third-order valence-corrected chi connectivity index (χ3v) is 5.89. The maximum absolute atomic E-state index is 11.4. The number of hydrogen-bond acceptors (Lipinski definition) is 3. The first-order valence-electron chi connectivity index (χ1n) is 7.36. The molecule has 19 heavy (non-hydrogen) atoms. The van der Waals surface area contributed by atoms with E-state index in [4.69, 9.17) is 0 Å². The van der Waals surface area contributed by atoms with Gasteiger partial charge in [0.15, 0.2) is 0 Å². The Labute approximate surface area is 117 Å². The van der Waals surface area contributed by atoms with Gasteiger partial charge in [0.1, 0.15) is 9.84 Å². The molecule has 0 spiro atoms. The molecule has 1 N–H and O–H groups in total. The van der Waals surface area contributed by atoms with Crippen molar-refractivity contribution >= 4 is 9.84 Å². The standard InChI is InChI=1S/C15H27NO2S/c1-12-5-4-6-13(2)14(12)9-16-10-15(7-8-15)11-19(3,17)18/h5,13-14,16H,4,6-11H2,1-3H3. The molecular formula is C15H27NO2S. The van der Waals surface area contributed by atoms with Gasteiger partial charge in [-0.25, -0.2) is 8.42 Å². The molecule has 0 amide bonds. The van der Waals surface area contributed by atoms with E-state index < -0.39 is 9.84 Å². The molecule has 0 radical (unpaired) electrons. The van der Waals surface area contributed by atoms with E-state index in [1.807, 2.05) is 0 Å². The van der Waals surface area contributed by atoms with Gasteiger partial charge in [-0.1, -0.05) is 18.6 Å². The topological polar surface area (TPSA) is 46.2 Å². The fourth-order valence-corrected chi connectivity index (χ4v) is 4.84. The predicted octanol–water partition coefficient (Wildman–Crippen LogP) is 2.39. The Morgan fingerprint density at radius 2 is 2.11 bits per heavy atom. The molecule has 0 saturated heterocycles. The van der Waals surface area contributed by atoms with Crippen LogP contribution < -0.4 is 5.32 Å². The van der Waals surface area contributed by atoms with Gasteiger partial charge in [0.2, 0.25) is 0 Å². The molecule has 0 aromatic heterocycles. The molecule has 2 atom stereocenters. The normalized spacial score (nSPS) is 29.9. The highest BCUT2D eigenvalue weighted by molar-refractivity contribution is 7.90. The van der Waals surface area contributed by atoms with Gasteiger partial charge >= 0.3 is 0 Å². The molecular weight excluding hydrogens is 258 g/mol. The van der Waals surface area contributed by atoms with Crippen molar-refractivity contribution in [2.75, 3.05) is 25.1 Å². The Balaban J connectivity index is 1.81. The van der Waals surface area contributed by atoms with E-state index in [-0.39, 0.29) is 5.41 Å². The van der Waals surface area contributed by atoms with E-state index in [1.54, 1.807) is 0 Å². The van der Waals surface area contributed by atoms with Crippen molar-refractivity contribution in [3.63, 3.8) is 0 Å². The number of hydrogen-bond donors (Lipinski definition) is 1. The maximum Gasteiger partial charge on any atom is 0.148 e. The van der Waals surface area contributed by atoms with Crippen LogP contribution in [0.3, 0.4) is 0 Å². The van der Waals surface area contributed by atoms with Gasteiger partial charge < -0.3 is 5.32 Å². The average Bonchev–Trinajstić information content (AvgIpc) is 3.00. The summed E-state index contributed by atoms with van der Waals surface area (Å²) in [7, 11) is -2.85. The van der Waals surface area contributed by atoms with Crippen molar-refractivity contribution in [1.82, 2.24) is 5.32 Å². The SMILES string of the molecule is CC1=CCCC(C)C1CNCC1(CS(C)(=O)=O)CC1. The Morgan fingerprint density at radius 1 is 1.42 bits per heavy atom. The van der Waals surface area contributed by atoms with Crippen LogP contribution in [0.4, 0.5) is 0 Å². The van der Waals surface area contributed by atoms with Crippen molar-refractivity contribution < 1.29 is 8.42 Å². The zero-order chi connectivity index (χ0) is 14.1. The zero-order valence-corrected chi connectivity index (χ0v) is 13.2. The molecule has 110 valence electrons. The van der Waals surface area contributed by atoms with Crippen molar-refractivity contribution in [2.24, 2.45) is 17.3 Å². The third kappa shape index (κ3) is 4.32. The monoisotopic (exact) mass is 285 g/mol. The van der Waals surface area contributed by atoms with Crippen molar-refractivity contribution in [2.45, 2.75) is 39.5 Å². The molecule has 2 unspecified atom stereocenters. The molecule has 0 heterocycles. The highest BCUT2D eigenvalue weighted by Crippen LogP contribution is 2.46. The van der Waals surface area contributed by atoms with Gasteiger partial charge in [-0.05, 0) is 49.9 Å². The van der Waals surface area contributed by atoms with Crippen LogP contribution in [-0.4, -0.2) is 33.5 Å². The Kier molecular flexibility index (Phi) is 4.41. The summed E-state index contributed by atoms with van der Waals surface area (Å²) < 4.78 is 22.8. The number of nitrogens with one attached hydrogen (secondary N) is 1. The van der Waals surface area contributed by atoms with Crippen molar-refractivity contribution in [3.8, 4) is 0 Å². The van der Waals surface area contributed by atoms with Gasteiger partial charge in [-0.3, -0.25) is 0 Å². The second-order valence-corrected chi connectivity index (χ2v) is 8.95. The fourth-order valence-electron chi connectivity index (χ4n) is 3.34. The first kappa shape index (κ1) is 15.0. The van der Waals surface area contributed by atoms with E-state index in [0.29, 0.717) is 11.7 Å². The lowest BCUT2D eigenvalue weighted by molar-refractivity contribution is 0.339. The smallest absolute Gasteiger partial charge is 0.148 e. The van der Waals surface area contributed by atoms with Gasteiger partial charge in [0.25, 0.3) is 0 Å². The molecule has 2 aliphatic rings. The van der Waals surface area contributed by atoms with Crippen LogP contribution in [0.1, 0.15) is 39.5 Å². The third-order valence-electron chi connectivity index (χ3n) is 4.75. The number of rotatable bonds is 6. The first-order chi connectivity index (χ1) is 8.81. The average molecular weight is 285 g/mol. The quantitative estimate of drug-likeness (QED) is 0.762. The van der Waals surface area contributed by atoms with Gasteiger partial charge in [-0.15, -0.1) is 0 Å². The van der Waals surface area contributed by atoms with Crippen LogP contribution in [0.25, 0.3) is 0 Å².